The Balaban J connectivity index is 1.69. The Kier molecular flexibility index (Phi) is 8.36. The van der Waals surface area contributed by atoms with Crippen LogP contribution in [0, 0.1) is 5.92 Å². The molecule has 0 radical (unpaired) electrons. The lowest BCUT2D eigenvalue weighted by Crippen LogP contribution is -2.54. The summed E-state index contributed by atoms with van der Waals surface area (Å²) in [6, 6.07) is 9.04. The molecule has 0 spiro atoms. The first-order valence-electron chi connectivity index (χ1n) is 11.2. The molecule has 0 aliphatic carbocycles. The normalized spacial score (nSPS) is 16.4. The third kappa shape index (κ3) is 6.21. The highest BCUT2D eigenvalue weighted by Gasteiger charge is 2.37. The Morgan fingerprint density at radius 1 is 0.972 bits per heavy atom. The van der Waals surface area contributed by atoms with Gasteiger partial charge in [0, 0.05) is 22.7 Å². The van der Waals surface area contributed by atoms with E-state index in [9.17, 15) is 27.6 Å². The number of nitrogens with one attached hydrogen (secondary N) is 2. The second kappa shape index (κ2) is 11.1. The van der Waals surface area contributed by atoms with Crippen molar-refractivity contribution in [2.24, 2.45) is 11.7 Å². The molecule has 0 bridgehead atoms. The van der Waals surface area contributed by atoms with Crippen LogP contribution >= 0.6 is 11.6 Å². The Hall–Kier alpha value is -3.44. The quantitative estimate of drug-likeness (QED) is 0.468. The number of hydrogen-bond donors (Lipinski definition) is 3. The van der Waals surface area contributed by atoms with Crippen LogP contribution in [0.25, 0.3) is 0 Å². The fourth-order valence-electron chi connectivity index (χ4n) is 3.87. The summed E-state index contributed by atoms with van der Waals surface area (Å²) in [5.74, 6) is -2.67. The van der Waals surface area contributed by atoms with E-state index >= 15 is 0 Å². The molecule has 0 aromatic heterocycles. The van der Waals surface area contributed by atoms with Gasteiger partial charge in [-0.25, -0.2) is 13.1 Å². The molecule has 1 saturated heterocycles. The summed E-state index contributed by atoms with van der Waals surface area (Å²) in [6.45, 7) is 3.92. The highest BCUT2D eigenvalue weighted by atomic mass is 35.5. The van der Waals surface area contributed by atoms with Gasteiger partial charge >= 0.3 is 0 Å². The highest BCUT2D eigenvalue weighted by Crippen LogP contribution is 2.20. The van der Waals surface area contributed by atoms with Gasteiger partial charge in [0.05, 0.1) is 4.90 Å². The molecule has 1 heterocycles. The third-order valence-corrected chi connectivity index (χ3v) is 7.44. The summed E-state index contributed by atoms with van der Waals surface area (Å²) in [5.41, 5.74) is 5.60. The summed E-state index contributed by atoms with van der Waals surface area (Å²) in [4.78, 5) is 51.3. The number of sulfonamides is 1. The van der Waals surface area contributed by atoms with Crippen LogP contribution in [0.3, 0.4) is 0 Å². The van der Waals surface area contributed by atoms with E-state index in [4.69, 9.17) is 17.3 Å². The van der Waals surface area contributed by atoms with Crippen LogP contribution in [-0.2, 0) is 19.6 Å². The fraction of sp³-hybridized carbons (Fsp3) is 0.333. The molecule has 1 aliphatic rings. The molecule has 4 amide bonds. The van der Waals surface area contributed by atoms with Gasteiger partial charge in [0.25, 0.3) is 21.8 Å². The van der Waals surface area contributed by atoms with E-state index in [2.05, 4.69) is 5.32 Å². The van der Waals surface area contributed by atoms with Crippen LogP contribution in [-0.4, -0.2) is 55.6 Å². The molecule has 3 rings (SSSR count). The highest BCUT2D eigenvalue weighted by molar-refractivity contribution is 7.90. The average Bonchev–Trinajstić information content (AvgIpc) is 3.32. The lowest BCUT2D eigenvalue weighted by Gasteiger charge is -2.29. The van der Waals surface area contributed by atoms with Crippen molar-refractivity contribution in [2.75, 3.05) is 6.54 Å². The van der Waals surface area contributed by atoms with Crippen LogP contribution in [0.2, 0.25) is 5.02 Å². The third-order valence-electron chi connectivity index (χ3n) is 5.84. The number of nitrogens with two attached hydrogens (primary N) is 1. The number of halogens is 1. The van der Waals surface area contributed by atoms with Gasteiger partial charge in [0.2, 0.25) is 11.8 Å². The van der Waals surface area contributed by atoms with Gasteiger partial charge < -0.3 is 16.0 Å². The van der Waals surface area contributed by atoms with Crippen LogP contribution in [0.15, 0.2) is 53.4 Å². The van der Waals surface area contributed by atoms with Crippen molar-refractivity contribution in [1.29, 1.82) is 0 Å². The maximum absolute atomic E-state index is 13.1. The van der Waals surface area contributed by atoms with Crippen molar-refractivity contribution in [2.45, 2.75) is 43.7 Å². The number of hydrogen-bond acceptors (Lipinski definition) is 6. The van der Waals surface area contributed by atoms with Gasteiger partial charge in [0.1, 0.15) is 12.1 Å². The zero-order chi connectivity index (χ0) is 26.6. The Labute approximate surface area is 214 Å². The van der Waals surface area contributed by atoms with E-state index < -0.39 is 39.8 Å². The Morgan fingerprint density at radius 2 is 1.53 bits per heavy atom. The van der Waals surface area contributed by atoms with Gasteiger partial charge in [-0.3, -0.25) is 19.2 Å². The summed E-state index contributed by atoms with van der Waals surface area (Å²) < 4.78 is 26.8. The number of likely N-dealkylation sites (tertiary alicyclic amines) is 1. The minimum Gasteiger partial charge on any atom is -0.368 e. The molecular formula is C24H27ClN4O6S. The molecule has 4 N–H and O–H groups in total. The van der Waals surface area contributed by atoms with Crippen molar-refractivity contribution in [3.05, 3.63) is 64.7 Å². The minimum absolute atomic E-state index is 0.0157. The molecule has 12 heteroatoms. The second-order valence-electron chi connectivity index (χ2n) is 8.75. The van der Waals surface area contributed by atoms with E-state index in [-0.39, 0.29) is 27.8 Å². The molecule has 2 aromatic carbocycles. The molecule has 192 valence electrons. The van der Waals surface area contributed by atoms with Gasteiger partial charge in [-0.2, -0.15) is 0 Å². The van der Waals surface area contributed by atoms with Crippen LogP contribution in [0.5, 0.6) is 0 Å². The van der Waals surface area contributed by atoms with Gasteiger partial charge in [-0.15, -0.1) is 0 Å². The standard InChI is InChI=1S/C24H27ClN4O6S/c1-14(2)20(24(33)29-13-3-4-19(29)21(26)30)27-22(31)15-5-7-16(8-6-15)23(32)28-36(34,35)18-11-9-17(25)10-12-18/h5-12,14,19-20H,3-4,13H2,1-2H3,(H2,26,30)(H,27,31)(H,28,32)/t19-,20-/m0/s1. The van der Waals surface area contributed by atoms with E-state index in [1.54, 1.807) is 13.8 Å². The SMILES string of the molecule is CC(C)[C@H](NC(=O)c1ccc(C(=O)NS(=O)(=O)c2ccc(Cl)cc2)cc1)C(=O)N1CCC[C@H]1C(N)=O. The van der Waals surface area contributed by atoms with Crippen LogP contribution in [0.1, 0.15) is 47.4 Å². The molecule has 36 heavy (non-hydrogen) atoms. The molecule has 10 nitrogen and oxygen atoms in total. The lowest BCUT2D eigenvalue weighted by atomic mass is 10.0. The number of nitrogens with zero attached hydrogens (tertiary/aromatic N) is 1. The summed E-state index contributed by atoms with van der Waals surface area (Å²) in [7, 11) is -4.12. The van der Waals surface area contributed by atoms with Crippen molar-refractivity contribution < 1.29 is 27.6 Å². The molecule has 0 saturated carbocycles. The second-order valence-corrected chi connectivity index (χ2v) is 10.9. The number of carbonyl (C=O) groups is 4. The predicted octanol–water partition coefficient (Wildman–Crippen LogP) is 1.69. The lowest BCUT2D eigenvalue weighted by molar-refractivity contribution is -0.139. The fourth-order valence-corrected chi connectivity index (χ4v) is 4.97. The first-order valence-corrected chi connectivity index (χ1v) is 13.1. The van der Waals surface area contributed by atoms with E-state index in [0.29, 0.717) is 24.4 Å². The first-order chi connectivity index (χ1) is 16.9. The molecule has 2 atom stereocenters. The summed E-state index contributed by atoms with van der Waals surface area (Å²) in [5, 5.41) is 3.04. The van der Waals surface area contributed by atoms with Crippen molar-refractivity contribution in [3.63, 3.8) is 0 Å². The zero-order valence-electron chi connectivity index (χ0n) is 19.7. The predicted molar refractivity (Wildman–Crippen MR) is 133 cm³/mol. The molecule has 1 fully saturated rings. The minimum atomic E-state index is -4.12. The van der Waals surface area contributed by atoms with E-state index in [1.165, 1.54) is 53.4 Å². The van der Waals surface area contributed by atoms with Gasteiger partial charge in [-0.1, -0.05) is 25.4 Å². The molecule has 0 unspecified atom stereocenters. The summed E-state index contributed by atoms with van der Waals surface area (Å²) in [6.07, 6.45) is 1.13. The molecular weight excluding hydrogens is 508 g/mol. The number of rotatable bonds is 8. The Morgan fingerprint density at radius 3 is 2.06 bits per heavy atom. The number of benzene rings is 2. The zero-order valence-corrected chi connectivity index (χ0v) is 21.3. The van der Waals surface area contributed by atoms with Crippen LogP contribution < -0.4 is 15.8 Å². The Bertz CT molecular complexity index is 1260. The smallest absolute Gasteiger partial charge is 0.264 e. The topological polar surface area (TPSA) is 156 Å². The number of primary amides is 1. The molecule has 1 aliphatic heterocycles. The van der Waals surface area contributed by atoms with Crippen molar-refractivity contribution >= 4 is 45.3 Å². The van der Waals surface area contributed by atoms with E-state index in [1.807, 2.05) is 4.72 Å². The van der Waals surface area contributed by atoms with E-state index in [0.717, 1.165) is 0 Å². The van der Waals surface area contributed by atoms with Gasteiger partial charge in [-0.05, 0) is 67.3 Å². The first kappa shape index (κ1) is 27.2. The maximum atomic E-state index is 13.1. The summed E-state index contributed by atoms with van der Waals surface area (Å²) >= 11 is 5.77. The van der Waals surface area contributed by atoms with Crippen molar-refractivity contribution in [1.82, 2.24) is 14.9 Å². The average molecular weight is 535 g/mol. The number of carbonyl (C=O) groups excluding carboxylic acids is 4. The monoisotopic (exact) mass is 534 g/mol. The van der Waals surface area contributed by atoms with Crippen molar-refractivity contribution in [3.8, 4) is 0 Å². The van der Waals surface area contributed by atoms with Crippen LogP contribution in [0.4, 0.5) is 0 Å². The number of amides is 4. The maximum Gasteiger partial charge on any atom is 0.264 e. The largest absolute Gasteiger partial charge is 0.368 e. The van der Waals surface area contributed by atoms with Gasteiger partial charge in [0.15, 0.2) is 0 Å². The molecule has 2 aromatic rings.